The van der Waals surface area contributed by atoms with Crippen LogP contribution in [0.25, 0.3) is 10.9 Å². The van der Waals surface area contributed by atoms with Crippen molar-refractivity contribution in [3.8, 4) is 5.75 Å². The average Bonchev–Trinajstić information content (AvgIpc) is 3.59. The summed E-state index contributed by atoms with van der Waals surface area (Å²) in [6.07, 6.45) is 4.27. The van der Waals surface area contributed by atoms with Crippen LogP contribution < -0.4 is 10.1 Å². The number of aliphatic carboxylic acids is 1. The predicted octanol–water partition coefficient (Wildman–Crippen LogP) is 2.94. The molecule has 0 saturated carbocycles. The highest BCUT2D eigenvalue weighted by Gasteiger charge is 2.32. The molecule has 2 N–H and O–H groups in total. The van der Waals surface area contributed by atoms with Gasteiger partial charge in [0.25, 0.3) is 11.8 Å². The molecular formula is C34H40N6O8. The first-order valence-electron chi connectivity index (χ1n) is 16.1. The van der Waals surface area contributed by atoms with Crippen LogP contribution in [0, 0.1) is 6.92 Å². The number of carboxylic acid groups (broad SMARTS) is 1. The Hall–Kier alpha value is -5.27. The van der Waals surface area contributed by atoms with Gasteiger partial charge < -0.3 is 34.6 Å². The first-order valence-corrected chi connectivity index (χ1v) is 16.1. The number of carbonyl (C=O) groups excluding carboxylic acids is 4. The molecule has 2 saturated heterocycles. The maximum Gasteiger partial charge on any atom is 0.409 e. The van der Waals surface area contributed by atoms with Crippen LogP contribution in [0.3, 0.4) is 0 Å². The summed E-state index contributed by atoms with van der Waals surface area (Å²) in [6, 6.07) is 9.24. The number of amides is 4. The lowest BCUT2D eigenvalue weighted by Crippen LogP contribution is -2.56. The second-order valence-electron chi connectivity index (χ2n) is 11.8. The van der Waals surface area contributed by atoms with E-state index in [1.54, 1.807) is 48.5 Å². The van der Waals surface area contributed by atoms with Crippen molar-refractivity contribution in [2.75, 3.05) is 45.9 Å². The van der Waals surface area contributed by atoms with Crippen LogP contribution >= 0.6 is 0 Å². The molecule has 4 heterocycles. The van der Waals surface area contributed by atoms with Crippen LogP contribution in [0.1, 0.15) is 60.3 Å². The van der Waals surface area contributed by atoms with Crippen molar-refractivity contribution in [2.24, 2.45) is 0 Å². The number of fused-ring (bicyclic) bond motifs is 1. The fraction of sp³-hybridized carbons (Fsp3) is 0.441. The number of hydrogen-bond donors (Lipinski definition) is 2. The topological polar surface area (TPSA) is 172 Å². The number of pyridine rings is 2. The van der Waals surface area contributed by atoms with Crippen molar-refractivity contribution in [3.63, 3.8) is 0 Å². The van der Waals surface area contributed by atoms with Gasteiger partial charge in [0.2, 0.25) is 5.91 Å². The van der Waals surface area contributed by atoms with E-state index in [0.717, 1.165) is 24.0 Å². The number of piperazine rings is 1. The lowest BCUT2D eigenvalue weighted by molar-refractivity contribution is -0.138. The summed E-state index contributed by atoms with van der Waals surface area (Å²) in [6.45, 7) is 5.13. The molecule has 4 amide bonds. The summed E-state index contributed by atoms with van der Waals surface area (Å²) in [5.74, 6) is -2.20. The molecule has 0 bridgehead atoms. The molecule has 2 fully saturated rings. The van der Waals surface area contributed by atoms with Gasteiger partial charge in [-0.3, -0.25) is 24.2 Å². The number of nitrogens with zero attached hydrogens (tertiary/aromatic N) is 5. The Morgan fingerprint density at radius 2 is 1.77 bits per heavy atom. The summed E-state index contributed by atoms with van der Waals surface area (Å²) in [4.78, 5) is 77.5. The van der Waals surface area contributed by atoms with Crippen LogP contribution in [-0.2, 0) is 19.1 Å². The van der Waals surface area contributed by atoms with Crippen LogP contribution in [0.15, 0.2) is 48.8 Å². The van der Waals surface area contributed by atoms with Gasteiger partial charge in [-0.1, -0.05) is 18.2 Å². The summed E-state index contributed by atoms with van der Waals surface area (Å²) in [5, 5.41) is 12.6. The molecular weight excluding hydrogens is 620 g/mol. The molecule has 5 rings (SSSR count). The van der Waals surface area contributed by atoms with E-state index in [4.69, 9.17) is 9.47 Å². The molecule has 2 aliphatic heterocycles. The number of aromatic nitrogens is 2. The van der Waals surface area contributed by atoms with Crippen molar-refractivity contribution in [1.29, 1.82) is 0 Å². The molecule has 254 valence electrons. The van der Waals surface area contributed by atoms with Gasteiger partial charge in [-0.25, -0.2) is 9.78 Å². The third-order valence-electron chi connectivity index (χ3n) is 8.48. The Morgan fingerprint density at radius 3 is 2.50 bits per heavy atom. The highest BCUT2D eigenvalue weighted by atomic mass is 16.6. The summed E-state index contributed by atoms with van der Waals surface area (Å²) >= 11 is 0. The third-order valence-corrected chi connectivity index (χ3v) is 8.48. The number of rotatable bonds is 11. The number of aryl methyl sites for hydroxylation is 1. The van der Waals surface area contributed by atoms with Crippen LogP contribution in [0.4, 0.5) is 4.79 Å². The first-order chi connectivity index (χ1) is 23.1. The van der Waals surface area contributed by atoms with Crippen molar-refractivity contribution in [3.05, 3.63) is 65.6 Å². The van der Waals surface area contributed by atoms with E-state index in [2.05, 4.69) is 15.3 Å². The zero-order valence-corrected chi connectivity index (χ0v) is 27.1. The monoisotopic (exact) mass is 660 g/mol. The number of carboxylic acids is 1. The largest absolute Gasteiger partial charge is 0.483 e. The number of ether oxygens (including phenoxy) is 2. The average molecular weight is 661 g/mol. The number of carbonyl (C=O) groups is 5. The molecule has 3 aromatic rings. The van der Waals surface area contributed by atoms with Gasteiger partial charge in [0.05, 0.1) is 18.2 Å². The van der Waals surface area contributed by atoms with Gasteiger partial charge in [0.15, 0.2) is 6.61 Å². The standard InChI is InChI=1S/C34H40N6O8/c1-3-47-34(46)39-15-13-38(14-16-39)33(45)26(10-11-31(42)43)37-32(44)27-18-29(24-7-4-5-8-25(24)36-27)48-21-30(41)40-12-6-9-28(40)23-17-22(2)19-35-20-23/h4-5,7-8,17-20,26,28H,3,6,9-16,21H2,1-2H3,(H,37,44)(H,42,43)/t26-,28-/m0/s1. The Balaban J connectivity index is 1.30. The zero-order chi connectivity index (χ0) is 34.2. The Bertz CT molecular complexity index is 1670. The van der Waals surface area contributed by atoms with Gasteiger partial charge in [-0.15, -0.1) is 0 Å². The molecule has 14 nitrogen and oxygen atoms in total. The maximum atomic E-state index is 13.6. The number of hydrogen-bond acceptors (Lipinski definition) is 9. The van der Waals surface area contributed by atoms with E-state index in [0.29, 0.717) is 17.4 Å². The van der Waals surface area contributed by atoms with E-state index < -0.39 is 29.9 Å². The van der Waals surface area contributed by atoms with E-state index in [-0.39, 0.29) is 75.6 Å². The number of benzene rings is 1. The Kier molecular flexibility index (Phi) is 11.0. The van der Waals surface area contributed by atoms with E-state index in [9.17, 15) is 29.1 Å². The Morgan fingerprint density at radius 1 is 1.02 bits per heavy atom. The SMILES string of the molecule is CCOC(=O)N1CCN(C(=O)[C@H](CCC(=O)O)NC(=O)c2cc(OCC(=O)N3CCC[C@H]3c3cncc(C)c3)c3ccccc3n2)CC1. The summed E-state index contributed by atoms with van der Waals surface area (Å²) in [7, 11) is 0. The minimum absolute atomic E-state index is 0.0544. The summed E-state index contributed by atoms with van der Waals surface area (Å²) in [5.41, 5.74) is 2.38. The normalized spacial score (nSPS) is 16.8. The maximum absolute atomic E-state index is 13.6. The number of nitrogens with one attached hydrogen (secondary N) is 1. The minimum atomic E-state index is -1.15. The molecule has 0 aliphatic carbocycles. The molecule has 48 heavy (non-hydrogen) atoms. The molecule has 0 radical (unpaired) electrons. The molecule has 14 heteroatoms. The molecule has 1 aromatic carbocycles. The van der Waals surface area contributed by atoms with Gasteiger partial charge >= 0.3 is 12.1 Å². The van der Waals surface area contributed by atoms with Crippen molar-refractivity contribution in [1.82, 2.24) is 30.0 Å². The van der Waals surface area contributed by atoms with E-state index in [1.807, 2.05) is 13.0 Å². The van der Waals surface area contributed by atoms with Crippen molar-refractivity contribution >= 4 is 40.7 Å². The fourth-order valence-corrected chi connectivity index (χ4v) is 6.08. The highest BCUT2D eigenvalue weighted by Crippen LogP contribution is 2.32. The molecule has 2 aliphatic rings. The molecule has 2 atom stereocenters. The predicted molar refractivity (Wildman–Crippen MR) is 173 cm³/mol. The van der Waals surface area contributed by atoms with Gasteiger partial charge in [0, 0.05) is 63.0 Å². The zero-order valence-electron chi connectivity index (χ0n) is 27.1. The van der Waals surface area contributed by atoms with Gasteiger partial charge in [0.1, 0.15) is 17.5 Å². The van der Waals surface area contributed by atoms with E-state index >= 15 is 0 Å². The molecule has 2 aromatic heterocycles. The first kappa shape index (κ1) is 34.1. The van der Waals surface area contributed by atoms with Gasteiger partial charge in [-0.2, -0.15) is 0 Å². The number of likely N-dealkylation sites (tertiary alicyclic amines) is 1. The Labute approximate surface area is 278 Å². The molecule has 0 spiro atoms. The minimum Gasteiger partial charge on any atom is -0.483 e. The third kappa shape index (κ3) is 8.17. The van der Waals surface area contributed by atoms with Gasteiger partial charge in [-0.05, 0) is 56.4 Å². The van der Waals surface area contributed by atoms with E-state index in [1.165, 1.54) is 15.9 Å². The second kappa shape index (κ2) is 15.5. The lowest BCUT2D eigenvalue weighted by Gasteiger charge is -2.35. The second-order valence-corrected chi connectivity index (χ2v) is 11.8. The smallest absolute Gasteiger partial charge is 0.409 e. The van der Waals surface area contributed by atoms with Crippen molar-refractivity contribution < 1.29 is 38.6 Å². The van der Waals surface area contributed by atoms with Crippen LogP contribution in [0.5, 0.6) is 5.75 Å². The van der Waals surface area contributed by atoms with Crippen LogP contribution in [-0.4, -0.2) is 112 Å². The fourth-order valence-electron chi connectivity index (χ4n) is 6.08. The molecule has 0 unspecified atom stereocenters. The summed E-state index contributed by atoms with van der Waals surface area (Å²) < 4.78 is 11.1. The quantitative estimate of drug-likeness (QED) is 0.312. The van der Waals surface area contributed by atoms with Crippen LogP contribution in [0.2, 0.25) is 0 Å². The van der Waals surface area contributed by atoms with Crippen molar-refractivity contribution in [2.45, 2.75) is 51.6 Å². The highest BCUT2D eigenvalue weighted by molar-refractivity contribution is 5.99. The lowest BCUT2D eigenvalue weighted by atomic mass is 10.1. The number of para-hydroxylation sites is 1.